The van der Waals surface area contributed by atoms with Gasteiger partial charge in [0.2, 0.25) is 0 Å². The van der Waals surface area contributed by atoms with Crippen LogP contribution in [0.25, 0.3) is 17.0 Å². The summed E-state index contributed by atoms with van der Waals surface area (Å²) in [7, 11) is 0. The molecule has 7 nitrogen and oxygen atoms in total. The first-order valence-electron chi connectivity index (χ1n) is 15.9. The summed E-state index contributed by atoms with van der Waals surface area (Å²) in [5, 5.41) is 15.1. The molecule has 3 N–H and O–H groups in total. The number of allylic oxidation sites excluding steroid dienone is 5. The number of ether oxygens (including phenoxy) is 1. The highest BCUT2D eigenvalue weighted by atomic mass is 16.5. The third-order valence-electron chi connectivity index (χ3n) is 7.17. The lowest BCUT2D eigenvalue weighted by atomic mass is 9.99. The normalized spacial score (nSPS) is 17.8. The predicted octanol–water partition coefficient (Wildman–Crippen LogP) is 8.16. The fraction of sp³-hybridized carbons (Fsp3) is 0.472. The summed E-state index contributed by atoms with van der Waals surface area (Å²) in [5.41, 5.74) is 4.46. The Hall–Kier alpha value is -3.55. The Morgan fingerprint density at radius 3 is 2.53 bits per heavy atom. The van der Waals surface area contributed by atoms with Crippen LogP contribution in [0.2, 0.25) is 0 Å². The molecule has 0 spiro atoms. The monoisotopic (exact) mass is 587 g/mol. The third kappa shape index (κ3) is 10.9. The number of carbonyl (C=O) groups is 1. The molecule has 1 atom stereocenters. The summed E-state index contributed by atoms with van der Waals surface area (Å²) in [6, 6.07) is 7.52. The molecule has 2 aliphatic rings. The van der Waals surface area contributed by atoms with Crippen LogP contribution in [0.5, 0.6) is 0 Å². The van der Waals surface area contributed by atoms with Gasteiger partial charge in [0.15, 0.2) is 5.78 Å². The van der Waals surface area contributed by atoms with Crippen molar-refractivity contribution in [3.63, 3.8) is 0 Å². The van der Waals surface area contributed by atoms with Gasteiger partial charge in [0, 0.05) is 36.8 Å². The average Bonchev–Trinajstić information content (AvgIpc) is 3.73. The lowest BCUT2D eigenvalue weighted by Crippen LogP contribution is -2.41. The molecule has 0 saturated carbocycles. The van der Waals surface area contributed by atoms with Gasteiger partial charge in [-0.2, -0.15) is 0 Å². The Labute approximate surface area is 259 Å². The zero-order chi connectivity index (χ0) is 31.6. The molecule has 4 rings (SSSR count). The molecule has 1 unspecified atom stereocenters. The summed E-state index contributed by atoms with van der Waals surface area (Å²) < 4.78 is 5.72. The van der Waals surface area contributed by atoms with Crippen molar-refractivity contribution in [1.82, 2.24) is 15.2 Å². The second kappa shape index (κ2) is 19.6. The number of rotatable bonds is 11. The van der Waals surface area contributed by atoms with Gasteiger partial charge in [-0.1, -0.05) is 64.5 Å². The van der Waals surface area contributed by atoms with Crippen molar-refractivity contribution >= 4 is 34.8 Å². The fourth-order valence-corrected chi connectivity index (χ4v) is 4.78. The van der Waals surface area contributed by atoms with E-state index in [2.05, 4.69) is 35.5 Å². The number of fused-ring (bicyclic) bond motifs is 1. The third-order valence-corrected chi connectivity index (χ3v) is 7.17. The molecule has 7 heteroatoms. The molecule has 2 fully saturated rings. The molecule has 2 aromatic rings. The van der Waals surface area contributed by atoms with E-state index in [-0.39, 0.29) is 11.8 Å². The molecule has 0 radical (unpaired) electrons. The highest BCUT2D eigenvalue weighted by molar-refractivity contribution is 6.10. The van der Waals surface area contributed by atoms with E-state index in [0.29, 0.717) is 24.6 Å². The van der Waals surface area contributed by atoms with Crippen LogP contribution in [-0.2, 0) is 4.74 Å². The second-order valence-corrected chi connectivity index (χ2v) is 10.5. The van der Waals surface area contributed by atoms with Gasteiger partial charge < -0.3 is 15.5 Å². The maximum absolute atomic E-state index is 13.7. The van der Waals surface area contributed by atoms with Gasteiger partial charge in [0.05, 0.1) is 18.2 Å². The van der Waals surface area contributed by atoms with Crippen molar-refractivity contribution in [2.24, 2.45) is 0 Å². The number of anilines is 1. The smallest absolute Gasteiger partial charge is 0.180 e. The van der Waals surface area contributed by atoms with Crippen LogP contribution < -0.4 is 10.6 Å². The number of hydrogen-bond acceptors (Lipinski definition) is 7. The molecule has 0 amide bonds. The van der Waals surface area contributed by atoms with E-state index in [1.165, 1.54) is 31.1 Å². The molecule has 2 saturated heterocycles. The predicted molar refractivity (Wildman–Crippen MR) is 184 cm³/mol. The van der Waals surface area contributed by atoms with Crippen molar-refractivity contribution in [2.75, 3.05) is 38.2 Å². The Morgan fingerprint density at radius 1 is 1.16 bits per heavy atom. The summed E-state index contributed by atoms with van der Waals surface area (Å²) in [5.74, 6) is 1.58. The molecule has 1 aromatic heterocycles. The van der Waals surface area contributed by atoms with Crippen molar-refractivity contribution in [3.8, 4) is 0 Å². The molecule has 234 valence electrons. The molecular weight excluding hydrogens is 534 g/mol. The van der Waals surface area contributed by atoms with Gasteiger partial charge in [-0.3, -0.25) is 15.0 Å². The van der Waals surface area contributed by atoms with E-state index in [1.807, 2.05) is 83.2 Å². The van der Waals surface area contributed by atoms with Gasteiger partial charge in [-0.05, 0) is 87.7 Å². The molecule has 0 aliphatic carbocycles. The number of aromatic nitrogens is 1. The van der Waals surface area contributed by atoms with Gasteiger partial charge >= 0.3 is 0 Å². The van der Waals surface area contributed by atoms with Crippen molar-refractivity contribution in [2.45, 2.75) is 80.2 Å². The van der Waals surface area contributed by atoms with Gasteiger partial charge in [-0.15, -0.1) is 0 Å². The Kier molecular flexibility index (Phi) is 16.2. The van der Waals surface area contributed by atoms with Crippen LogP contribution in [0, 0.1) is 5.41 Å². The minimum Gasteiger partial charge on any atom is -0.493 e. The Balaban J connectivity index is 0.00000121. The number of nitrogens with zero attached hydrogens (tertiary/aromatic N) is 2. The molecule has 2 aliphatic heterocycles. The van der Waals surface area contributed by atoms with Gasteiger partial charge in [-0.25, -0.2) is 4.98 Å². The van der Waals surface area contributed by atoms with Crippen molar-refractivity contribution in [1.29, 1.82) is 5.41 Å². The average molecular weight is 588 g/mol. The molecule has 1 aromatic carbocycles. The van der Waals surface area contributed by atoms with E-state index < -0.39 is 0 Å². The summed E-state index contributed by atoms with van der Waals surface area (Å²) in [6.07, 6.45) is 16.0. The highest BCUT2D eigenvalue weighted by Crippen LogP contribution is 2.26. The number of carbonyl (C=O) groups excluding carboxylic acids is 1. The number of nitrogens with one attached hydrogen (secondary N) is 3. The fourth-order valence-electron chi connectivity index (χ4n) is 4.78. The van der Waals surface area contributed by atoms with Crippen molar-refractivity contribution < 1.29 is 9.53 Å². The minimum atomic E-state index is -0.329. The first kappa shape index (κ1) is 35.6. The number of Topliss-reactive ketones (excluding diaryl/α,β-unsaturated/α-hetero) is 1. The van der Waals surface area contributed by atoms with Crippen LogP contribution in [0.4, 0.5) is 5.82 Å². The summed E-state index contributed by atoms with van der Waals surface area (Å²) in [4.78, 5) is 20.8. The van der Waals surface area contributed by atoms with Crippen molar-refractivity contribution in [3.05, 3.63) is 76.6 Å². The molecular formula is C36H53N5O2. The second-order valence-electron chi connectivity index (χ2n) is 10.5. The standard InChI is InChI=1S/C31H39N5O2.C3H8.C2H6/c1-4-23(19-32)20-33-30-18-27(31(37)22(3)34-21-36-14-6-7-15-36)26-17-24(11-12-28(26)35-30)9-8-10-29-25(5-2)13-16-38-29;1-3-2;1-2/h4-5,8-12,17-19,22,32,34H,6-7,13-16,20-21H2,1-3H3,(H,33,35);3H2,1-2H3;1-2H3/b9-8+,23-4+,25-5-,29-10+,32-19?;;. The number of benzene rings is 1. The molecule has 43 heavy (non-hydrogen) atoms. The molecule has 3 heterocycles. The van der Waals surface area contributed by atoms with Crippen LogP contribution in [-0.4, -0.2) is 60.8 Å². The summed E-state index contributed by atoms with van der Waals surface area (Å²) in [6.45, 7) is 18.2. The lowest BCUT2D eigenvalue weighted by Gasteiger charge is -2.20. The van der Waals surface area contributed by atoms with Crippen LogP contribution in [0.3, 0.4) is 0 Å². The van der Waals surface area contributed by atoms with E-state index in [4.69, 9.17) is 15.1 Å². The van der Waals surface area contributed by atoms with Crippen LogP contribution >= 0.6 is 0 Å². The van der Waals surface area contributed by atoms with E-state index in [0.717, 1.165) is 53.9 Å². The Bertz CT molecular complexity index is 1300. The first-order valence-corrected chi connectivity index (χ1v) is 15.9. The number of likely N-dealkylation sites (tertiary alicyclic amines) is 1. The molecule has 0 bridgehead atoms. The maximum Gasteiger partial charge on any atom is 0.180 e. The largest absolute Gasteiger partial charge is 0.493 e. The van der Waals surface area contributed by atoms with E-state index in [9.17, 15) is 4.79 Å². The van der Waals surface area contributed by atoms with Gasteiger partial charge in [0.1, 0.15) is 11.6 Å². The van der Waals surface area contributed by atoms with Gasteiger partial charge in [0.25, 0.3) is 0 Å². The highest BCUT2D eigenvalue weighted by Gasteiger charge is 2.21. The zero-order valence-electron chi connectivity index (χ0n) is 27.4. The SMILES string of the molecule is C/C=C(\C=N)CNc1cc(C(=O)C(C)NCN2CCCC2)c2cc(/C=C/C=C3/OCC/C3=C/C)ccc2n1.CC.CCC. The number of ketones is 1. The van der Waals surface area contributed by atoms with E-state index >= 15 is 0 Å². The lowest BCUT2D eigenvalue weighted by molar-refractivity contribution is 0.0943. The quantitative estimate of drug-likeness (QED) is 0.181. The van der Waals surface area contributed by atoms with E-state index in [1.54, 1.807) is 0 Å². The Morgan fingerprint density at radius 2 is 1.88 bits per heavy atom. The topological polar surface area (TPSA) is 90.3 Å². The maximum atomic E-state index is 13.7. The first-order chi connectivity index (χ1) is 20.9. The van der Waals surface area contributed by atoms with Crippen LogP contribution in [0.15, 0.2) is 65.5 Å². The number of hydrogen-bond donors (Lipinski definition) is 3. The minimum absolute atomic E-state index is 0.0401. The van der Waals surface area contributed by atoms with Crippen LogP contribution in [0.1, 0.15) is 90.1 Å². The zero-order valence-corrected chi connectivity index (χ0v) is 27.4. The summed E-state index contributed by atoms with van der Waals surface area (Å²) >= 11 is 0. The number of pyridine rings is 1.